The number of carbonyl (C=O) groups excluding carboxylic acids is 1. The molecule has 0 aromatic heterocycles. The number of benzene rings is 1. The van der Waals surface area contributed by atoms with E-state index in [0.717, 1.165) is 11.3 Å². The summed E-state index contributed by atoms with van der Waals surface area (Å²) in [5.74, 6) is -0.295. The van der Waals surface area contributed by atoms with Crippen molar-refractivity contribution in [2.75, 3.05) is 12.3 Å². The lowest BCUT2D eigenvalue weighted by Gasteiger charge is -2.15. The fraction of sp³-hybridized carbons (Fsp3) is 0.467. The van der Waals surface area contributed by atoms with Gasteiger partial charge in [0, 0.05) is 17.2 Å². The van der Waals surface area contributed by atoms with E-state index in [1.54, 1.807) is 11.8 Å². The molecule has 0 bridgehead atoms. The van der Waals surface area contributed by atoms with Gasteiger partial charge in [-0.2, -0.15) is 0 Å². The molecule has 0 spiro atoms. The van der Waals surface area contributed by atoms with Gasteiger partial charge in [0.2, 0.25) is 5.91 Å². The average Bonchev–Trinajstić information content (AvgIpc) is 3.11. The number of carboxylic acid groups (broad SMARTS) is 1. The molecule has 112 valence electrons. The predicted octanol–water partition coefficient (Wildman–Crippen LogP) is 1.62. The fourth-order valence-electron chi connectivity index (χ4n) is 2.75. The second-order valence-corrected chi connectivity index (χ2v) is 6.37. The van der Waals surface area contributed by atoms with Gasteiger partial charge in [-0.25, -0.2) is 4.79 Å². The van der Waals surface area contributed by atoms with Crippen LogP contribution in [0.2, 0.25) is 0 Å². The van der Waals surface area contributed by atoms with Gasteiger partial charge < -0.3 is 15.2 Å². The lowest BCUT2D eigenvalue weighted by Crippen LogP contribution is -2.36. The molecule has 3 rings (SSSR count). The lowest BCUT2D eigenvalue weighted by atomic mass is 10.0. The number of fused-ring (bicyclic) bond motifs is 1. The third kappa shape index (κ3) is 3.06. The number of carboxylic acids is 1. The van der Waals surface area contributed by atoms with E-state index in [-0.39, 0.29) is 17.9 Å². The van der Waals surface area contributed by atoms with E-state index in [1.165, 1.54) is 4.90 Å². The van der Waals surface area contributed by atoms with Gasteiger partial charge in [0.05, 0.1) is 12.0 Å². The third-order valence-corrected chi connectivity index (χ3v) is 5.09. The highest BCUT2D eigenvalue weighted by atomic mass is 32.2. The molecule has 21 heavy (non-hydrogen) atoms. The van der Waals surface area contributed by atoms with Gasteiger partial charge in [0.15, 0.2) is 6.10 Å². The summed E-state index contributed by atoms with van der Waals surface area (Å²) in [5.41, 5.74) is 1.08. The van der Waals surface area contributed by atoms with Crippen LogP contribution in [-0.4, -0.2) is 41.5 Å². The fourth-order valence-corrected chi connectivity index (χ4v) is 3.98. The zero-order valence-corrected chi connectivity index (χ0v) is 12.3. The highest BCUT2D eigenvalue weighted by molar-refractivity contribution is 7.99. The highest BCUT2D eigenvalue weighted by Crippen LogP contribution is 2.39. The minimum Gasteiger partial charge on any atom is -0.479 e. The van der Waals surface area contributed by atoms with E-state index in [2.05, 4.69) is 5.32 Å². The zero-order valence-electron chi connectivity index (χ0n) is 11.5. The van der Waals surface area contributed by atoms with Crippen molar-refractivity contribution in [3.8, 4) is 0 Å². The van der Waals surface area contributed by atoms with Crippen molar-refractivity contribution in [3.63, 3.8) is 0 Å². The van der Waals surface area contributed by atoms with Crippen molar-refractivity contribution in [3.05, 3.63) is 29.8 Å². The second-order valence-electron chi connectivity index (χ2n) is 5.31. The van der Waals surface area contributed by atoms with Crippen molar-refractivity contribution >= 4 is 23.6 Å². The number of rotatable bonds is 4. The van der Waals surface area contributed by atoms with Crippen molar-refractivity contribution in [1.29, 1.82) is 0 Å². The molecular formula is C15H17NO4S. The molecular weight excluding hydrogens is 290 g/mol. The van der Waals surface area contributed by atoms with Gasteiger partial charge in [0.1, 0.15) is 0 Å². The van der Waals surface area contributed by atoms with Gasteiger partial charge in [0.25, 0.3) is 0 Å². The first-order chi connectivity index (χ1) is 10.1. The Morgan fingerprint density at radius 2 is 2.14 bits per heavy atom. The number of thioether (sulfide) groups is 1. The topological polar surface area (TPSA) is 75.6 Å². The highest BCUT2D eigenvalue weighted by Gasteiger charge is 2.32. The molecule has 0 radical (unpaired) electrons. The minimum atomic E-state index is -0.926. The van der Waals surface area contributed by atoms with Crippen LogP contribution < -0.4 is 5.32 Å². The van der Waals surface area contributed by atoms with E-state index < -0.39 is 12.1 Å². The van der Waals surface area contributed by atoms with Crippen LogP contribution in [0.3, 0.4) is 0 Å². The van der Waals surface area contributed by atoms with E-state index in [1.807, 2.05) is 24.3 Å². The molecule has 2 aliphatic rings. The van der Waals surface area contributed by atoms with Crippen LogP contribution in [0.15, 0.2) is 29.2 Å². The van der Waals surface area contributed by atoms with Crippen LogP contribution in [0.5, 0.6) is 0 Å². The molecule has 1 aromatic rings. The maximum absolute atomic E-state index is 12.3. The van der Waals surface area contributed by atoms with Crippen molar-refractivity contribution in [2.45, 2.75) is 35.9 Å². The van der Waals surface area contributed by atoms with Crippen molar-refractivity contribution < 1.29 is 19.4 Å². The first-order valence-corrected chi connectivity index (χ1v) is 8.01. The van der Waals surface area contributed by atoms with Crippen LogP contribution in [0.4, 0.5) is 0 Å². The quantitative estimate of drug-likeness (QED) is 0.884. The average molecular weight is 307 g/mol. The first kappa shape index (κ1) is 14.4. The Labute approximate surface area is 127 Å². The molecule has 5 nitrogen and oxygen atoms in total. The predicted molar refractivity (Wildman–Crippen MR) is 78.4 cm³/mol. The SMILES string of the molecule is O=C(O)C1CCC(CNC(=O)C2CSc3ccccc32)O1. The number of nitrogens with one attached hydrogen (secondary N) is 1. The Hall–Kier alpha value is -1.53. The van der Waals surface area contributed by atoms with Crippen molar-refractivity contribution in [2.24, 2.45) is 0 Å². The number of carbonyl (C=O) groups is 2. The molecule has 2 N–H and O–H groups in total. The summed E-state index contributed by atoms with van der Waals surface area (Å²) in [5, 5.41) is 11.8. The van der Waals surface area contributed by atoms with Crippen LogP contribution in [0.1, 0.15) is 24.3 Å². The summed E-state index contributed by atoms with van der Waals surface area (Å²) in [7, 11) is 0. The molecule has 0 aliphatic carbocycles. The maximum Gasteiger partial charge on any atom is 0.332 e. The molecule has 1 fully saturated rings. The molecule has 1 amide bonds. The third-order valence-electron chi connectivity index (χ3n) is 3.90. The monoisotopic (exact) mass is 307 g/mol. The van der Waals surface area contributed by atoms with E-state index in [9.17, 15) is 9.59 Å². The van der Waals surface area contributed by atoms with Crippen LogP contribution in [0.25, 0.3) is 0 Å². The molecule has 0 saturated carbocycles. The molecule has 1 saturated heterocycles. The molecule has 3 atom stereocenters. The van der Waals surface area contributed by atoms with Crippen molar-refractivity contribution in [1.82, 2.24) is 5.32 Å². The summed E-state index contributed by atoms with van der Waals surface area (Å²) in [6, 6.07) is 7.95. The van der Waals surface area contributed by atoms with Gasteiger partial charge in [-0.3, -0.25) is 4.79 Å². The first-order valence-electron chi connectivity index (χ1n) is 7.03. The van der Waals surface area contributed by atoms with E-state index >= 15 is 0 Å². The minimum absolute atomic E-state index is 0.00479. The van der Waals surface area contributed by atoms with Gasteiger partial charge in [-0.05, 0) is 24.5 Å². The standard InChI is InChI=1S/C15H17NO4S/c17-14(11-8-21-13-4-2-1-3-10(11)13)16-7-9-5-6-12(20-9)15(18)19/h1-4,9,11-12H,5-8H2,(H,16,17)(H,18,19). The molecule has 2 aliphatic heterocycles. The Balaban J connectivity index is 1.53. The number of amides is 1. The number of hydrogen-bond acceptors (Lipinski definition) is 4. The second kappa shape index (κ2) is 6.07. The summed E-state index contributed by atoms with van der Waals surface area (Å²) >= 11 is 1.70. The summed E-state index contributed by atoms with van der Waals surface area (Å²) in [6.07, 6.45) is 0.264. The number of aliphatic carboxylic acids is 1. The van der Waals surface area contributed by atoms with E-state index in [4.69, 9.17) is 9.84 Å². The number of hydrogen-bond donors (Lipinski definition) is 2. The van der Waals surface area contributed by atoms with E-state index in [0.29, 0.717) is 19.4 Å². The Morgan fingerprint density at radius 1 is 1.33 bits per heavy atom. The Bertz CT molecular complexity index is 562. The molecule has 2 heterocycles. The van der Waals surface area contributed by atoms with Gasteiger partial charge in [-0.15, -0.1) is 11.8 Å². The molecule has 1 aromatic carbocycles. The lowest BCUT2D eigenvalue weighted by molar-refractivity contribution is -0.149. The number of ether oxygens (including phenoxy) is 1. The smallest absolute Gasteiger partial charge is 0.332 e. The maximum atomic E-state index is 12.3. The summed E-state index contributed by atoms with van der Waals surface area (Å²) in [6.45, 7) is 0.381. The van der Waals surface area contributed by atoms with Gasteiger partial charge in [-0.1, -0.05) is 18.2 Å². The Morgan fingerprint density at radius 3 is 2.90 bits per heavy atom. The summed E-state index contributed by atoms with van der Waals surface area (Å²) < 4.78 is 5.39. The Kier molecular flexibility index (Phi) is 4.17. The van der Waals surface area contributed by atoms with Crippen LogP contribution in [0, 0.1) is 0 Å². The normalized spacial score (nSPS) is 27.3. The largest absolute Gasteiger partial charge is 0.479 e. The van der Waals surface area contributed by atoms with Crippen LogP contribution in [-0.2, 0) is 14.3 Å². The van der Waals surface area contributed by atoms with Crippen LogP contribution >= 0.6 is 11.8 Å². The zero-order chi connectivity index (χ0) is 14.8. The molecule has 3 unspecified atom stereocenters. The summed E-state index contributed by atoms with van der Waals surface area (Å²) in [4.78, 5) is 24.3. The van der Waals surface area contributed by atoms with Gasteiger partial charge >= 0.3 is 5.97 Å². The molecule has 6 heteroatoms.